The van der Waals surface area contributed by atoms with Gasteiger partial charge in [-0.15, -0.1) is 12.4 Å². The van der Waals surface area contributed by atoms with Crippen molar-refractivity contribution in [1.82, 2.24) is 14.7 Å². The number of aromatic nitrogens is 2. The topological polar surface area (TPSA) is 67.6 Å². The highest BCUT2D eigenvalue weighted by Crippen LogP contribution is 2.36. The summed E-state index contributed by atoms with van der Waals surface area (Å²) in [4.78, 5) is 14.0. The number of carbonyl (C=O) groups is 1. The number of morpholine rings is 1. The highest BCUT2D eigenvalue weighted by molar-refractivity contribution is 9.10. The number of aliphatic carboxylic acids is 1. The molecule has 2 fully saturated rings. The number of benzene rings is 1. The molecule has 2 atom stereocenters. The summed E-state index contributed by atoms with van der Waals surface area (Å²) in [7, 11) is 2.00. The third kappa shape index (κ3) is 5.69. The fourth-order valence-corrected chi connectivity index (χ4v) is 5.14. The number of ether oxygens (including phenoxy) is 1. The van der Waals surface area contributed by atoms with Gasteiger partial charge in [0.2, 0.25) is 0 Å². The Kier molecular flexibility index (Phi) is 8.19. The molecule has 2 aromatic rings. The van der Waals surface area contributed by atoms with Crippen molar-refractivity contribution in [3.63, 3.8) is 0 Å². The van der Waals surface area contributed by atoms with Gasteiger partial charge in [0.25, 0.3) is 0 Å². The molecular weight excluding hydrogens is 482 g/mol. The van der Waals surface area contributed by atoms with Crippen LogP contribution >= 0.6 is 28.3 Å². The van der Waals surface area contributed by atoms with Crippen LogP contribution in [0.3, 0.4) is 0 Å². The molecule has 0 spiro atoms. The monoisotopic (exact) mass is 511 g/mol. The van der Waals surface area contributed by atoms with Crippen molar-refractivity contribution in [2.45, 2.75) is 63.1 Å². The molecule has 1 saturated carbocycles. The van der Waals surface area contributed by atoms with Gasteiger partial charge in [0.15, 0.2) is 6.10 Å². The minimum absolute atomic E-state index is 0. The predicted molar refractivity (Wildman–Crippen MR) is 126 cm³/mol. The summed E-state index contributed by atoms with van der Waals surface area (Å²) in [6.07, 6.45) is 4.48. The Morgan fingerprint density at radius 1 is 1.23 bits per heavy atom. The maximum absolute atomic E-state index is 11.6. The van der Waals surface area contributed by atoms with Crippen LogP contribution in [-0.4, -0.2) is 57.1 Å². The highest BCUT2D eigenvalue weighted by atomic mass is 79.9. The number of hydrogen-bond donors (Lipinski definition) is 1. The number of hydrogen-bond acceptors (Lipinski definition) is 4. The average Bonchev–Trinajstić information content (AvgIpc) is 3.08. The van der Waals surface area contributed by atoms with Gasteiger partial charge in [0.05, 0.1) is 12.3 Å². The van der Waals surface area contributed by atoms with E-state index in [1.165, 1.54) is 17.0 Å². The fraction of sp³-hybridized carbons (Fsp3) is 0.565. The maximum Gasteiger partial charge on any atom is 0.334 e. The number of halogens is 2. The van der Waals surface area contributed by atoms with Gasteiger partial charge >= 0.3 is 5.97 Å². The van der Waals surface area contributed by atoms with Crippen LogP contribution in [0.4, 0.5) is 0 Å². The van der Waals surface area contributed by atoms with Gasteiger partial charge in [0, 0.05) is 41.8 Å². The molecule has 8 heteroatoms. The van der Waals surface area contributed by atoms with Gasteiger partial charge in [-0.05, 0) is 62.8 Å². The van der Waals surface area contributed by atoms with Crippen LogP contribution in [-0.2, 0) is 23.0 Å². The van der Waals surface area contributed by atoms with Crippen molar-refractivity contribution in [3.8, 4) is 0 Å². The van der Waals surface area contributed by atoms with E-state index in [9.17, 15) is 9.90 Å². The first-order valence-corrected chi connectivity index (χ1v) is 11.5. The lowest BCUT2D eigenvalue weighted by Gasteiger charge is -2.45. The average molecular weight is 513 g/mol. The summed E-state index contributed by atoms with van der Waals surface area (Å²) in [6, 6.07) is 11.2. The van der Waals surface area contributed by atoms with E-state index >= 15 is 0 Å². The largest absolute Gasteiger partial charge is 0.479 e. The molecular formula is C23H31BrClN3O3. The third-order valence-electron chi connectivity index (χ3n) is 6.71. The van der Waals surface area contributed by atoms with Crippen molar-refractivity contribution in [1.29, 1.82) is 0 Å². The van der Waals surface area contributed by atoms with Gasteiger partial charge in [-0.25, -0.2) is 4.79 Å². The molecule has 170 valence electrons. The minimum atomic E-state index is -0.861. The Morgan fingerprint density at radius 2 is 1.90 bits per heavy atom. The Labute approximate surface area is 198 Å². The van der Waals surface area contributed by atoms with Crippen LogP contribution in [0.15, 0.2) is 34.8 Å². The van der Waals surface area contributed by atoms with E-state index in [-0.39, 0.29) is 18.4 Å². The number of carboxylic acids is 1. The smallest absolute Gasteiger partial charge is 0.334 e. The van der Waals surface area contributed by atoms with Gasteiger partial charge < -0.3 is 9.84 Å². The second-order valence-electron chi connectivity index (χ2n) is 8.68. The van der Waals surface area contributed by atoms with Crippen molar-refractivity contribution >= 4 is 34.3 Å². The molecule has 0 radical (unpaired) electrons. The SMILES string of the molecule is Cc1cc(C2CCC(N3C[C@H](C(=O)O)OC[C@@H]3Cc3ccc(Br)cc3)CC2)nn1C.Cl. The van der Waals surface area contributed by atoms with Gasteiger partial charge in [0.1, 0.15) is 0 Å². The van der Waals surface area contributed by atoms with E-state index in [0.717, 1.165) is 36.6 Å². The Balaban J connectivity index is 0.00000272. The van der Waals surface area contributed by atoms with Crippen LogP contribution in [0.1, 0.15) is 48.6 Å². The molecule has 1 aromatic carbocycles. The van der Waals surface area contributed by atoms with E-state index in [0.29, 0.717) is 25.1 Å². The Morgan fingerprint density at radius 3 is 2.48 bits per heavy atom. The first kappa shape index (κ1) is 24.2. The predicted octanol–water partition coefficient (Wildman–Crippen LogP) is 4.34. The van der Waals surface area contributed by atoms with Crippen LogP contribution in [0.25, 0.3) is 0 Å². The fourth-order valence-electron chi connectivity index (χ4n) is 4.87. The molecule has 6 nitrogen and oxygen atoms in total. The van der Waals surface area contributed by atoms with E-state index in [2.05, 4.69) is 63.2 Å². The zero-order chi connectivity index (χ0) is 21.3. The molecule has 1 N–H and O–H groups in total. The number of aryl methyl sites for hydroxylation is 2. The van der Waals surface area contributed by atoms with Crippen LogP contribution in [0.5, 0.6) is 0 Å². The molecule has 4 rings (SSSR count). The summed E-state index contributed by atoms with van der Waals surface area (Å²) < 4.78 is 8.73. The van der Waals surface area contributed by atoms with Gasteiger partial charge in [-0.1, -0.05) is 28.1 Å². The zero-order valence-electron chi connectivity index (χ0n) is 18.0. The van der Waals surface area contributed by atoms with E-state index in [1.54, 1.807) is 0 Å². The van der Waals surface area contributed by atoms with E-state index < -0.39 is 12.1 Å². The Bertz CT molecular complexity index is 861. The summed E-state index contributed by atoms with van der Waals surface area (Å²) in [5.41, 5.74) is 3.65. The molecule has 1 aliphatic carbocycles. The van der Waals surface area contributed by atoms with Gasteiger partial charge in [-0.2, -0.15) is 5.10 Å². The van der Waals surface area contributed by atoms with Crippen LogP contribution < -0.4 is 0 Å². The van der Waals surface area contributed by atoms with Crippen molar-refractivity contribution in [2.24, 2.45) is 7.05 Å². The third-order valence-corrected chi connectivity index (χ3v) is 7.24. The molecule has 1 saturated heterocycles. The van der Waals surface area contributed by atoms with Gasteiger partial charge in [-0.3, -0.25) is 9.58 Å². The molecule has 0 unspecified atom stereocenters. The molecule has 0 bridgehead atoms. The molecule has 31 heavy (non-hydrogen) atoms. The van der Waals surface area contributed by atoms with E-state index in [4.69, 9.17) is 4.74 Å². The normalized spacial score (nSPS) is 26.9. The summed E-state index contributed by atoms with van der Waals surface area (Å²) in [6.45, 7) is 3.02. The molecule has 2 heterocycles. The molecule has 2 aliphatic rings. The van der Waals surface area contributed by atoms with Crippen LogP contribution in [0, 0.1) is 6.92 Å². The quantitative estimate of drug-likeness (QED) is 0.646. The molecule has 0 amide bonds. The lowest BCUT2D eigenvalue weighted by molar-refractivity contribution is -0.162. The van der Waals surface area contributed by atoms with Crippen LogP contribution in [0.2, 0.25) is 0 Å². The summed E-state index contributed by atoms with van der Waals surface area (Å²) in [5, 5.41) is 14.2. The maximum atomic E-state index is 11.6. The lowest BCUT2D eigenvalue weighted by Crippen LogP contribution is -2.57. The lowest BCUT2D eigenvalue weighted by atomic mass is 9.82. The molecule has 1 aromatic heterocycles. The second-order valence-corrected chi connectivity index (χ2v) is 9.60. The summed E-state index contributed by atoms with van der Waals surface area (Å²) in [5.74, 6) is -0.359. The second kappa shape index (κ2) is 10.5. The standard InChI is InChI=1S/C23H30BrN3O3.ClH/c1-15-11-21(25-26(15)2)17-5-9-19(10-6-17)27-13-22(23(28)29)30-14-20(27)12-16-3-7-18(24)8-4-16;/h3-4,7-8,11,17,19-20,22H,5-6,9-10,12-14H2,1-2H3,(H,28,29);1H/t17?,19?,20-,22+;/m0./s1. The Hall–Kier alpha value is -1.41. The van der Waals surface area contributed by atoms with Crippen molar-refractivity contribution in [2.75, 3.05) is 13.2 Å². The number of rotatable bonds is 5. The first-order valence-electron chi connectivity index (χ1n) is 10.8. The van der Waals surface area contributed by atoms with Crippen molar-refractivity contribution in [3.05, 3.63) is 51.8 Å². The highest BCUT2D eigenvalue weighted by Gasteiger charge is 2.38. The first-order chi connectivity index (χ1) is 14.4. The minimum Gasteiger partial charge on any atom is -0.479 e. The number of nitrogens with zero attached hydrogens (tertiary/aromatic N) is 3. The zero-order valence-corrected chi connectivity index (χ0v) is 20.4. The summed E-state index contributed by atoms with van der Waals surface area (Å²) >= 11 is 3.49. The van der Waals surface area contributed by atoms with Crippen molar-refractivity contribution < 1.29 is 14.6 Å². The van der Waals surface area contributed by atoms with E-state index in [1.807, 2.05) is 11.7 Å². The number of carboxylic acid groups (broad SMARTS) is 1. The molecule has 1 aliphatic heterocycles.